The number of fused-ring (bicyclic) bond motifs is 4. The standard InChI is InChI=1S/C42H37N3O9/c1-23-11-13-25(14-12-23)43-45-38(49)32-22-31-27(17-18-30-35(31)39(50)44(37(30)48)26-15-16-28(40(51)52)33(47)21-26)36(29-9-5-6-10-34(29)54-20-19-46)42(32,41(45)53)24-7-3-2-4-8-24/h2-17,21,30-32,35-36,43,46-47H,18-20,22H2,1H3,(H,51,52)/t30-,31+,32-,35-,36+,42+/m0/s1. The van der Waals surface area contributed by atoms with E-state index >= 15 is 4.79 Å². The summed E-state index contributed by atoms with van der Waals surface area (Å²) >= 11 is 0. The van der Waals surface area contributed by atoms with Gasteiger partial charge in [0.2, 0.25) is 11.8 Å². The number of benzene rings is 4. The van der Waals surface area contributed by atoms with Crippen LogP contribution in [0.2, 0.25) is 0 Å². The number of hydrogen-bond donors (Lipinski definition) is 4. The zero-order valence-electron chi connectivity index (χ0n) is 29.2. The van der Waals surface area contributed by atoms with Crippen LogP contribution in [-0.2, 0) is 24.6 Å². The zero-order valence-corrected chi connectivity index (χ0v) is 29.2. The van der Waals surface area contributed by atoms with Crippen LogP contribution >= 0.6 is 0 Å². The van der Waals surface area contributed by atoms with Gasteiger partial charge in [-0.15, -0.1) is 0 Å². The van der Waals surface area contributed by atoms with Crippen LogP contribution in [0.4, 0.5) is 11.4 Å². The Kier molecular flexibility index (Phi) is 8.57. The van der Waals surface area contributed by atoms with E-state index in [4.69, 9.17) is 4.74 Å². The molecule has 8 rings (SSSR count). The largest absolute Gasteiger partial charge is 0.507 e. The number of hydrazine groups is 1. The molecular formula is C42H37N3O9. The first kappa shape index (κ1) is 34.8. The van der Waals surface area contributed by atoms with E-state index in [0.29, 0.717) is 22.6 Å². The second kappa shape index (κ2) is 13.3. The fraction of sp³-hybridized carbons (Fsp3) is 0.262. The molecule has 54 heavy (non-hydrogen) atoms. The van der Waals surface area contributed by atoms with E-state index in [1.165, 1.54) is 6.07 Å². The van der Waals surface area contributed by atoms with Crippen LogP contribution in [0.15, 0.2) is 109 Å². The summed E-state index contributed by atoms with van der Waals surface area (Å²) in [6.07, 6.45) is 2.16. The predicted octanol–water partition coefficient (Wildman–Crippen LogP) is 4.96. The average molecular weight is 728 g/mol. The molecule has 0 spiro atoms. The Bertz CT molecular complexity index is 2240. The third-order valence-corrected chi connectivity index (χ3v) is 11.4. The number of aromatic carboxylic acids is 1. The van der Waals surface area contributed by atoms with Crippen LogP contribution in [0.25, 0.3) is 0 Å². The van der Waals surface area contributed by atoms with Gasteiger partial charge in [-0.05, 0) is 61.6 Å². The Balaban J connectivity index is 1.31. The molecule has 274 valence electrons. The Morgan fingerprint density at radius 1 is 0.889 bits per heavy atom. The number of para-hydroxylation sites is 1. The molecule has 4 amide bonds. The number of imide groups is 2. The summed E-state index contributed by atoms with van der Waals surface area (Å²) in [5.74, 6) is -7.73. The van der Waals surface area contributed by atoms with E-state index in [-0.39, 0.29) is 37.3 Å². The van der Waals surface area contributed by atoms with Gasteiger partial charge in [-0.25, -0.2) is 9.69 Å². The minimum absolute atomic E-state index is 0.0257. The molecule has 2 aliphatic carbocycles. The molecule has 0 unspecified atom stereocenters. The number of hydrogen-bond acceptors (Lipinski definition) is 9. The smallest absolute Gasteiger partial charge is 0.339 e. The van der Waals surface area contributed by atoms with E-state index in [1.807, 2.05) is 67.6 Å². The number of carbonyl (C=O) groups excluding carboxylic acids is 4. The summed E-state index contributed by atoms with van der Waals surface area (Å²) in [4.78, 5) is 71.5. The summed E-state index contributed by atoms with van der Waals surface area (Å²) in [7, 11) is 0. The Morgan fingerprint density at radius 3 is 2.31 bits per heavy atom. The molecule has 0 aromatic heterocycles. The van der Waals surface area contributed by atoms with E-state index < -0.39 is 70.4 Å². The zero-order chi connectivity index (χ0) is 37.9. The van der Waals surface area contributed by atoms with Crippen molar-refractivity contribution in [3.05, 3.63) is 131 Å². The number of rotatable bonds is 9. The number of nitrogens with zero attached hydrogens (tertiary/aromatic N) is 2. The van der Waals surface area contributed by atoms with Crippen molar-refractivity contribution in [1.29, 1.82) is 0 Å². The molecule has 1 saturated carbocycles. The number of carbonyl (C=O) groups is 5. The molecule has 4 aromatic rings. The molecule has 12 heteroatoms. The number of aliphatic hydroxyl groups excluding tert-OH is 1. The fourth-order valence-corrected chi connectivity index (χ4v) is 9.19. The van der Waals surface area contributed by atoms with Gasteiger partial charge in [-0.1, -0.05) is 77.9 Å². The third-order valence-electron chi connectivity index (χ3n) is 11.4. The topological polar surface area (TPSA) is 174 Å². The SMILES string of the molecule is Cc1ccc(NN2C(=O)[C@@H]3C[C@@H]4C(=CC[C@@H]5C(=O)N(c6ccc(C(=O)O)c(O)c6)C(=O)[C@@H]54)[C@H](c4ccccc4OCCO)[C@]3(c3ccccc3)C2=O)cc1. The highest BCUT2D eigenvalue weighted by atomic mass is 16.5. The van der Waals surface area contributed by atoms with Crippen molar-refractivity contribution in [2.24, 2.45) is 23.7 Å². The normalized spacial score (nSPS) is 25.9. The molecule has 4 aliphatic rings. The van der Waals surface area contributed by atoms with Gasteiger partial charge in [0.25, 0.3) is 11.8 Å². The highest BCUT2D eigenvalue weighted by Crippen LogP contribution is 2.65. The summed E-state index contributed by atoms with van der Waals surface area (Å²) in [6.45, 7) is 1.65. The molecular weight excluding hydrogens is 690 g/mol. The van der Waals surface area contributed by atoms with Crippen molar-refractivity contribution in [3.63, 3.8) is 0 Å². The molecule has 4 N–H and O–H groups in total. The minimum Gasteiger partial charge on any atom is -0.507 e. The Morgan fingerprint density at radius 2 is 1.61 bits per heavy atom. The van der Waals surface area contributed by atoms with Crippen LogP contribution in [-0.4, -0.2) is 63.1 Å². The number of carboxylic acid groups (broad SMARTS) is 1. The van der Waals surface area contributed by atoms with Gasteiger partial charge in [-0.3, -0.25) is 24.6 Å². The summed E-state index contributed by atoms with van der Waals surface area (Å²) < 4.78 is 6.08. The molecule has 4 aromatic carbocycles. The first-order valence-corrected chi connectivity index (χ1v) is 17.8. The van der Waals surface area contributed by atoms with Crippen LogP contribution in [0.3, 0.4) is 0 Å². The number of nitrogens with one attached hydrogen (secondary N) is 1. The van der Waals surface area contributed by atoms with Crippen LogP contribution in [0.5, 0.6) is 11.5 Å². The number of allylic oxidation sites excluding steroid dienone is 2. The number of aromatic hydroxyl groups is 1. The lowest BCUT2D eigenvalue weighted by molar-refractivity contribution is -0.138. The van der Waals surface area contributed by atoms with E-state index in [2.05, 4.69) is 5.43 Å². The number of anilines is 2. The van der Waals surface area contributed by atoms with Gasteiger partial charge < -0.3 is 20.1 Å². The maximum Gasteiger partial charge on any atom is 0.339 e. The van der Waals surface area contributed by atoms with E-state index in [1.54, 1.807) is 24.3 Å². The van der Waals surface area contributed by atoms with Crippen molar-refractivity contribution in [2.45, 2.75) is 31.1 Å². The number of ether oxygens (including phenoxy) is 1. The van der Waals surface area contributed by atoms with Gasteiger partial charge in [0.15, 0.2) is 0 Å². The van der Waals surface area contributed by atoms with Gasteiger partial charge in [0.1, 0.15) is 23.7 Å². The average Bonchev–Trinajstić information content (AvgIpc) is 3.55. The first-order valence-electron chi connectivity index (χ1n) is 17.8. The van der Waals surface area contributed by atoms with Crippen molar-refractivity contribution in [2.75, 3.05) is 23.5 Å². The molecule has 2 saturated heterocycles. The van der Waals surface area contributed by atoms with Crippen LogP contribution in [0.1, 0.15) is 45.8 Å². The van der Waals surface area contributed by atoms with Gasteiger partial charge in [-0.2, -0.15) is 5.01 Å². The van der Waals surface area contributed by atoms with E-state index in [9.17, 15) is 34.5 Å². The lowest BCUT2D eigenvalue weighted by Crippen LogP contribution is -2.53. The maximum atomic E-state index is 15.4. The van der Waals surface area contributed by atoms with Crippen molar-refractivity contribution in [3.8, 4) is 11.5 Å². The Labute approximate surface area is 310 Å². The third kappa shape index (κ3) is 5.19. The van der Waals surface area contributed by atoms with Crippen molar-refractivity contribution in [1.82, 2.24) is 5.01 Å². The number of phenols is 1. The monoisotopic (exact) mass is 727 g/mol. The molecule has 6 atom stereocenters. The number of carboxylic acids is 1. The summed E-state index contributed by atoms with van der Waals surface area (Å²) in [6, 6.07) is 27.2. The number of aryl methyl sites for hydroxylation is 1. The molecule has 0 radical (unpaired) electrons. The lowest BCUT2D eigenvalue weighted by atomic mass is 9.49. The quantitative estimate of drug-likeness (QED) is 0.136. The Hall–Kier alpha value is -6.27. The summed E-state index contributed by atoms with van der Waals surface area (Å²) in [5.41, 5.74) is 4.70. The maximum absolute atomic E-state index is 15.4. The molecule has 2 heterocycles. The highest BCUT2D eigenvalue weighted by Gasteiger charge is 2.70. The van der Waals surface area contributed by atoms with Crippen molar-refractivity contribution < 1.29 is 44.0 Å². The van der Waals surface area contributed by atoms with Crippen molar-refractivity contribution >= 4 is 41.0 Å². The molecule has 12 nitrogen and oxygen atoms in total. The van der Waals surface area contributed by atoms with Crippen LogP contribution < -0.4 is 15.1 Å². The first-order chi connectivity index (χ1) is 26.1. The number of amides is 4. The second-order valence-electron chi connectivity index (χ2n) is 14.2. The van der Waals surface area contributed by atoms with Gasteiger partial charge >= 0.3 is 5.97 Å². The molecule has 0 bridgehead atoms. The number of aliphatic hydroxyl groups is 1. The molecule has 3 fully saturated rings. The minimum atomic E-state index is -1.51. The van der Waals surface area contributed by atoms with Gasteiger partial charge in [0, 0.05) is 17.5 Å². The highest BCUT2D eigenvalue weighted by molar-refractivity contribution is 6.23. The van der Waals surface area contributed by atoms with Crippen LogP contribution in [0, 0.1) is 30.6 Å². The summed E-state index contributed by atoms with van der Waals surface area (Å²) in [5, 5.41) is 30.7. The van der Waals surface area contributed by atoms with Gasteiger partial charge in [0.05, 0.1) is 41.2 Å². The lowest BCUT2D eigenvalue weighted by Gasteiger charge is -2.50. The van der Waals surface area contributed by atoms with E-state index in [0.717, 1.165) is 33.2 Å². The predicted molar refractivity (Wildman–Crippen MR) is 195 cm³/mol. The molecule has 2 aliphatic heterocycles. The fourth-order valence-electron chi connectivity index (χ4n) is 9.19. The second-order valence-corrected chi connectivity index (χ2v) is 14.2.